The Labute approximate surface area is 135 Å². The van der Waals surface area contributed by atoms with E-state index < -0.39 is 5.79 Å². The van der Waals surface area contributed by atoms with Crippen molar-refractivity contribution in [3.8, 4) is 0 Å². The van der Waals surface area contributed by atoms with Gasteiger partial charge < -0.3 is 15.5 Å². The number of benzene rings is 1. The monoisotopic (exact) mass is 321 g/mol. The molecule has 3 rings (SSSR count). The molecule has 0 spiro atoms. The molecule has 0 aliphatic carbocycles. The van der Waals surface area contributed by atoms with E-state index in [-0.39, 0.29) is 11.8 Å². The van der Waals surface area contributed by atoms with Gasteiger partial charge in [0, 0.05) is 24.7 Å². The van der Waals surface area contributed by atoms with Crippen LogP contribution in [0.15, 0.2) is 23.2 Å². The Morgan fingerprint density at radius 3 is 2.57 bits per heavy atom. The van der Waals surface area contributed by atoms with Crippen LogP contribution in [0, 0.1) is 5.82 Å². The Morgan fingerprint density at radius 2 is 2.04 bits per heavy atom. The fourth-order valence-corrected chi connectivity index (χ4v) is 3.17. The van der Waals surface area contributed by atoms with E-state index in [0.717, 1.165) is 25.9 Å². The molecule has 1 saturated heterocycles. The maximum absolute atomic E-state index is 14.6. The van der Waals surface area contributed by atoms with E-state index in [1.54, 1.807) is 12.1 Å². The van der Waals surface area contributed by atoms with Crippen molar-refractivity contribution >= 4 is 11.6 Å². The van der Waals surface area contributed by atoms with Gasteiger partial charge in [-0.2, -0.15) is 5.43 Å². The summed E-state index contributed by atoms with van der Waals surface area (Å²) < 4.78 is 14.6. The zero-order valence-electron chi connectivity index (χ0n) is 13.5. The number of nitrogens with one attached hydrogen (secondary N) is 2. The second-order valence-electron chi connectivity index (χ2n) is 6.36. The first-order valence-corrected chi connectivity index (χ1v) is 7.78. The van der Waals surface area contributed by atoms with Gasteiger partial charge in [-0.1, -0.05) is 6.07 Å². The Bertz CT molecular complexity index is 610. The van der Waals surface area contributed by atoms with Gasteiger partial charge in [0.25, 0.3) is 0 Å². The highest BCUT2D eigenvalue weighted by Crippen LogP contribution is 2.28. The molecule has 1 fully saturated rings. The Hall–Kier alpha value is -1.90. The third-order valence-electron chi connectivity index (χ3n) is 4.60. The number of hydrazine groups is 1. The molecule has 2 heterocycles. The SMILES string of the molecule is CN(C)C1CCN(c2ccc(C3(N)N=C(N)NN3)cc2F)CC1. The molecule has 126 valence electrons. The number of guanidine groups is 1. The lowest BCUT2D eigenvalue weighted by Crippen LogP contribution is -2.50. The van der Waals surface area contributed by atoms with E-state index in [4.69, 9.17) is 11.5 Å². The van der Waals surface area contributed by atoms with Crippen molar-refractivity contribution < 1.29 is 4.39 Å². The van der Waals surface area contributed by atoms with Gasteiger partial charge in [-0.15, -0.1) is 0 Å². The average molecular weight is 321 g/mol. The highest BCUT2D eigenvalue weighted by atomic mass is 19.1. The first-order chi connectivity index (χ1) is 10.9. The summed E-state index contributed by atoms with van der Waals surface area (Å²) in [5.41, 5.74) is 18.2. The zero-order chi connectivity index (χ0) is 16.6. The summed E-state index contributed by atoms with van der Waals surface area (Å²) in [6.07, 6.45) is 2.06. The van der Waals surface area contributed by atoms with Crippen molar-refractivity contribution in [1.29, 1.82) is 0 Å². The van der Waals surface area contributed by atoms with Crippen LogP contribution >= 0.6 is 0 Å². The third kappa shape index (κ3) is 3.10. The molecule has 1 unspecified atom stereocenters. The quantitative estimate of drug-likeness (QED) is 0.618. The van der Waals surface area contributed by atoms with Gasteiger partial charge in [-0.05, 0) is 39.1 Å². The predicted molar refractivity (Wildman–Crippen MR) is 89.1 cm³/mol. The standard InChI is InChI=1S/C15H24FN7/c1-22(2)11-5-7-23(8-6-11)13-4-3-10(9-12(13)16)15(18)19-14(17)20-21-15/h3-4,9,11,21H,5-8,18H2,1-2H3,(H3,17,19,20). The third-order valence-corrected chi connectivity index (χ3v) is 4.60. The summed E-state index contributed by atoms with van der Waals surface area (Å²) >= 11 is 0. The van der Waals surface area contributed by atoms with Gasteiger partial charge in [0.2, 0.25) is 11.7 Å². The smallest absolute Gasteiger partial charge is 0.209 e. The summed E-state index contributed by atoms with van der Waals surface area (Å²) in [6.45, 7) is 1.69. The van der Waals surface area contributed by atoms with Gasteiger partial charge in [0.15, 0.2) is 0 Å². The van der Waals surface area contributed by atoms with Crippen LogP contribution in [-0.4, -0.2) is 44.1 Å². The van der Waals surface area contributed by atoms with Crippen LogP contribution in [0.25, 0.3) is 0 Å². The van der Waals surface area contributed by atoms with E-state index in [9.17, 15) is 4.39 Å². The number of anilines is 1. The molecule has 2 aliphatic rings. The largest absolute Gasteiger partial charge is 0.369 e. The minimum absolute atomic E-state index is 0.183. The molecule has 2 aliphatic heterocycles. The molecule has 7 nitrogen and oxygen atoms in total. The summed E-state index contributed by atoms with van der Waals surface area (Å²) in [4.78, 5) is 8.38. The lowest BCUT2D eigenvalue weighted by molar-refractivity contribution is 0.249. The molecule has 1 aromatic carbocycles. The zero-order valence-corrected chi connectivity index (χ0v) is 13.5. The number of nitrogens with two attached hydrogens (primary N) is 2. The lowest BCUT2D eigenvalue weighted by atomic mass is 10.0. The fourth-order valence-electron chi connectivity index (χ4n) is 3.17. The highest BCUT2D eigenvalue weighted by Gasteiger charge is 2.32. The van der Waals surface area contributed by atoms with Crippen molar-refractivity contribution in [3.63, 3.8) is 0 Å². The maximum atomic E-state index is 14.6. The number of aliphatic imine (C=N–C) groups is 1. The molecule has 0 radical (unpaired) electrons. The minimum Gasteiger partial charge on any atom is -0.369 e. The van der Waals surface area contributed by atoms with E-state index in [1.165, 1.54) is 6.07 Å². The molecular formula is C15H24FN7. The Morgan fingerprint density at radius 1 is 1.35 bits per heavy atom. The summed E-state index contributed by atoms with van der Waals surface area (Å²) in [5, 5.41) is 0. The fraction of sp³-hybridized carbons (Fsp3) is 0.533. The summed E-state index contributed by atoms with van der Waals surface area (Å²) in [6, 6.07) is 5.53. The number of piperidine rings is 1. The van der Waals surface area contributed by atoms with Crippen LogP contribution in [-0.2, 0) is 5.79 Å². The second-order valence-corrected chi connectivity index (χ2v) is 6.36. The number of hydrogen-bond acceptors (Lipinski definition) is 7. The van der Waals surface area contributed by atoms with E-state index >= 15 is 0 Å². The Kier molecular flexibility index (Phi) is 4.13. The van der Waals surface area contributed by atoms with Crippen LogP contribution in [0.2, 0.25) is 0 Å². The highest BCUT2D eigenvalue weighted by molar-refractivity contribution is 5.79. The van der Waals surface area contributed by atoms with Crippen LogP contribution < -0.4 is 27.2 Å². The van der Waals surface area contributed by atoms with Crippen LogP contribution in [0.4, 0.5) is 10.1 Å². The van der Waals surface area contributed by atoms with Gasteiger partial charge in [0.05, 0.1) is 5.69 Å². The first kappa shape index (κ1) is 16.0. The van der Waals surface area contributed by atoms with Gasteiger partial charge in [-0.3, -0.25) is 11.2 Å². The van der Waals surface area contributed by atoms with E-state index in [2.05, 4.69) is 39.7 Å². The van der Waals surface area contributed by atoms with Gasteiger partial charge >= 0.3 is 0 Å². The summed E-state index contributed by atoms with van der Waals surface area (Å²) in [5.74, 6) is -1.35. The number of halogens is 1. The maximum Gasteiger partial charge on any atom is 0.209 e. The van der Waals surface area contributed by atoms with Crippen molar-refractivity contribution in [3.05, 3.63) is 29.6 Å². The van der Waals surface area contributed by atoms with Gasteiger partial charge in [0.1, 0.15) is 5.82 Å². The number of hydrogen-bond donors (Lipinski definition) is 4. The number of rotatable bonds is 3. The molecular weight excluding hydrogens is 297 g/mol. The average Bonchev–Trinajstić information content (AvgIpc) is 2.88. The first-order valence-electron chi connectivity index (χ1n) is 7.78. The Balaban J connectivity index is 1.76. The van der Waals surface area contributed by atoms with Crippen LogP contribution in [0.1, 0.15) is 18.4 Å². The lowest BCUT2D eigenvalue weighted by Gasteiger charge is -2.36. The molecule has 23 heavy (non-hydrogen) atoms. The molecule has 0 aromatic heterocycles. The molecule has 1 aromatic rings. The minimum atomic E-state index is -1.23. The number of nitrogens with zero attached hydrogens (tertiary/aromatic N) is 3. The topological polar surface area (TPSA) is 94.9 Å². The van der Waals surface area contributed by atoms with Crippen molar-refractivity contribution in [2.45, 2.75) is 24.7 Å². The van der Waals surface area contributed by atoms with Crippen LogP contribution in [0.5, 0.6) is 0 Å². The molecule has 6 N–H and O–H groups in total. The molecule has 0 bridgehead atoms. The molecule has 0 amide bonds. The van der Waals surface area contributed by atoms with E-state index in [1.807, 2.05) is 0 Å². The van der Waals surface area contributed by atoms with Crippen molar-refractivity contribution in [2.24, 2.45) is 16.5 Å². The molecule has 8 heteroatoms. The van der Waals surface area contributed by atoms with Gasteiger partial charge in [-0.25, -0.2) is 9.38 Å². The van der Waals surface area contributed by atoms with Crippen molar-refractivity contribution in [2.75, 3.05) is 32.1 Å². The predicted octanol–water partition coefficient (Wildman–Crippen LogP) is -0.152. The molecule has 0 saturated carbocycles. The molecule has 1 atom stereocenters. The summed E-state index contributed by atoms with van der Waals surface area (Å²) in [7, 11) is 4.18. The van der Waals surface area contributed by atoms with E-state index in [0.29, 0.717) is 17.3 Å². The van der Waals surface area contributed by atoms with Crippen molar-refractivity contribution in [1.82, 2.24) is 15.8 Å². The second kappa shape index (κ2) is 5.95. The normalized spacial score (nSPS) is 25.6. The van der Waals surface area contributed by atoms with Crippen LogP contribution in [0.3, 0.4) is 0 Å².